The highest BCUT2D eigenvalue weighted by molar-refractivity contribution is 5.28. The van der Waals surface area contributed by atoms with Crippen molar-refractivity contribution in [3.8, 4) is 5.75 Å². The lowest BCUT2D eigenvalue weighted by molar-refractivity contribution is 0.0656. The molecule has 20 heavy (non-hydrogen) atoms. The summed E-state index contributed by atoms with van der Waals surface area (Å²) < 4.78 is 11.0. The molecule has 0 saturated carbocycles. The fourth-order valence-corrected chi connectivity index (χ4v) is 2.48. The number of ether oxygens (including phenoxy) is 2. The van der Waals surface area contributed by atoms with Crippen molar-refractivity contribution in [1.29, 1.82) is 0 Å². The fraction of sp³-hybridized carbons (Fsp3) is 0.647. The highest BCUT2D eigenvalue weighted by Gasteiger charge is 2.14. The minimum atomic E-state index is 0.387. The van der Waals surface area contributed by atoms with Crippen LogP contribution in [0.4, 0.5) is 0 Å². The van der Waals surface area contributed by atoms with Crippen molar-refractivity contribution in [1.82, 2.24) is 5.32 Å². The minimum Gasteiger partial charge on any atom is -0.494 e. The van der Waals surface area contributed by atoms with Crippen LogP contribution in [0.3, 0.4) is 0 Å². The third-order valence-electron chi connectivity index (χ3n) is 3.91. The summed E-state index contributed by atoms with van der Waals surface area (Å²) in [5, 5.41) is 3.63. The topological polar surface area (TPSA) is 30.5 Å². The number of hydrogen-bond donors (Lipinski definition) is 1. The number of nitrogens with one attached hydrogen (secondary N) is 1. The lowest BCUT2D eigenvalue weighted by atomic mass is 9.99. The van der Waals surface area contributed by atoms with Crippen LogP contribution in [-0.2, 0) is 4.74 Å². The Balaban J connectivity index is 1.77. The van der Waals surface area contributed by atoms with E-state index in [-0.39, 0.29) is 0 Å². The molecule has 1 fully saturated rings. The number of hydrogen-bond acceptors (Lipinski definition) is 3. The van der Waals surface area contributed by atoms with E-state index in [2.05, 4.69) is 43.4 Å². The predicted octanol–water partition coefficient (Wildman–Crippen LogP) is 3.55. The maximum atomic E-state index is 5.61. The Hall–Kier alpha value is -1.06. The van der Waals surface area contributed by atoms with Gasteiger partial charge in [0.05, 0.1) is 6.61 Å². The van der Waals surface area contributed by atoms with Gasteiger partial charge in [-0.3, -0.25) is 0 Å². The molecule has 2 rings (SSSR count). The van der Waals surface area contributed by atoms with E-state index < -0.39 is 0 Å². The highest BCUT2D eigenvalue weighted by Crippen LogP contribution is 2.19. The molecule has 1 aromatic carbocycles. The fourth-order valence-electron chi connectivity index (χ4n) is 2.48. The zero-order chi connectivity index (χ0) is 14.2. The maximum absolute atomic E-state index is 5.61. The number of rotatable bonds is 7. The lowest BCUT2D eigenvalue weighted by Gasteiger charge is -2.24. The summed E-state index contributed by atoms with van der Waals surface area (Å²) in [6.07, 6.45) is 3.41. The normalized spacial score (nSPS) is 17.9. The van der Waals surface area contributed by atoms with Gasteiger partial charge in [0.25, 0.3) is 0 Å². The van der Waals surface area contributed by atoms with Gasteiger partial charge in [0, 0.05) is 19.3 Å². The quantitative estimate of drug-likeness (QED) is 0.826. The van der Waals surface area contributed by atoms with E-state index in [0.717, 1.165) is 44.5 Å². The first-order valence-corrected chi connectivity index (χ1v) is 7.83. The van der Waals surface area contributed by atoms with Crippen LogP contribution >= 0.6 is 0 Å². The zero-order valence-electron chi connectivity index (χ0n) is 12.7. The van der Waals surface area contributed by atoms with Crippen molar-refractivity contribution in [2.75, 3.05) is 26.4 Å². The van der Waals surface area contributed by atoms with Crippen molar-refractivity contribution in [2.45, 2.75) is 39.2 Å². The monoisotopic (exact) mass is 277 g/mol. The third-order valence-corrected chi connectivity index (χ3v) is 3.91. The first-order chi connectivity index (χ1) is 9.79. The van der Waals surface area contributed by atoms with E-state index >= 15 is 0 Å². The average molecular weight is 277 g/mol. The van der Waals surface area contributed by atoms with Gasteiger partial charge in [-0.05, 0) is 56.3 Å². The van der Waals surface area contributed by atoms with E-state index in [1.807, 2.05) is 0 Å². The number of benzene rings is 1. The van der Waals surface area contributed by atoms with Crippen molar-refractivity contribution in [2.24, 2.45) is 5.92 Å². The molecular weight excluding hydrogens is 250 g/mol. The SMILES string of the molecule is CCCOc1ccc(C(C)NCC2CCOCC2)cc1. The standard InChI is InChI=1S/C17H27NO2/c1-3-10-20-17-6-4-16(5-7-17)14(2)18-13-15-8-11-19-12-9-15/h4-7,14-15,18H,3,8-13H2,1-2H3. The van der Waals surface area contributed by atoms with Crippen LogP contribution in [0.1, 0.15) is 44.7 Å². The molecule has 112 valence electrons. The molecule has 0 amide bonds. The Morgan fingerprint density at radius 1 is 1.25 bits per heavy atom. The molecule has 0 spiro atoms. The molecule has 1 N–H and O–H groups in total. The van der Waals surface area contributed by atoms with E-state index in [1.165, 1.54) is 18.4 Å². The molecule has 0 radical (unpaired) electrons. The largest absolute Gasteiger partial charge is 0.494 e. The smallest absolute Gasteiger partial charge is 0.119 e. The molecule has 1 atom stereocenters. The predicted molar refractivity (Wildman–Crippen MR) is 82.2 cm³/mol. The molecule has 0 aromatic heterocycles. The van der Waals surface area contributed by atoms with Gasteiger partial charge in [0.1, 0.15) is 5.75 Å². The van der Waals surface area contributed by atoms with Gasteiger partial charge in [-0.25, -0.2) is 0 Å². The van der Waals surface area contributed by atoms with Gasteiger partial charge in [-0.15, -0.1) is 0 Å². The first-order valence-electron chi connectivity index (χ1n) is 7.83. The summed E-state index contributed by atoms with van der Waals surface area (Å²) in [6, 6.07) is 8.84. The second kappa shape index (κ2) is 8.28. The van der Waals surface area contributed by atoms with Gasteiger partial charge in [0.2, 0.25) is 0 Å². The molecule has 1 aromatic rings. The van der Waals surface area contributed by atoms with E-state index in [1.54, 1.807) is 0 Å². The van der Waals surface area contributed by atoms with Gasteiger partial charge in [-0.1, -0.05) is 19.1 Å². The Morgan fingerprint density at radius 2 is 1.95 bits per heavy atom. The molecule has 1 saturated heterocycles. The highest BCUT2D eigenvalue weighted by atomic mass is 16.5. The molecule has 0 aliphatic carbocycles. The Morgan fingerprint density at radius 3 is 2.60 bits per heavy atom. The van der Waals surface area contributed by atoms with Crippen molar-refractivity contribution in [3.05, 3.63) is 29.8 Å². The molecule has 0 bridgehead atoms. The van der Waals surface area contributed by atoms with Gasteiger partial charge in [-0.2, -0.15) is 0 Å². The van der Waals surface area contributed by atoms with Crippen molar-refractivity contribution in [3.63, 3.8) is 0 Å². The van der Waals surface area contributed by atoms with Crippen molar-refractivity contribution >= 4 is 0 Å². The summed E-state index contributed by atoms with van der Waals surface area (Å²) in [5.41, 5.74) is 1.32. The second-order valence-corrected chi connectivity index (χ2v) is 5.60. The van der Waals surface area contributed by atoms with Crippen LogP contribution < -0.4 is 10.1 Å². The second-order valence-electron chi connectivity index (χ2n) is 5.60. The summed E-state index contributed by atoms with van der Waals surface area (Å²) >= 11 is 0. The maximum Gasteiger partial charge on any atom is 0.119 e. The van der Waals surface area contributed by atoms with Crippen molar-refractivity contribution < 1.29 is 9.47 Å². The summed E-state index contributed by atoms with van der Waals surface area (Å²) in [4.78, 5) is 0. The Kier molecular flexibility index (Phi) is 6.34. The van der Waals surface area contributed by atoms with E-state index in [9.17, 15) is 0 Å². The molecule has 1 unspecified atom stereocenters. The summed E-state index contributed by atoms with van der Waals surface area (Å²) in [5.74, 6) is 1.73. The Bertz CT molecular complexity index is 371. The minimum absolute atomic E-state index is 0.387. The van der Waals surface area contributed by atoms with Crippen LogP contribution in [0.2, 0.25) is 0 Å². The molecular formula is C17H27NO2. The zero-order valence-corrected chi connectivity index (χ0v) is 12.7. The van der Waals surface area contributed by atoms with Crippen LogP contribution in [0, 0.1) is 5.92 Å². The molecule has 1 aliphatic rings. The van der Waals surface area contributed by atoms with Crippen LogP contribution in [0.5, 0.6) is 5.75 Å². The Labute approximate surface area is 122 Å². The average Bonchev–Trinajstić information content (AvgIpc) is 2.52. The van der Waals surface area contributed by atoms with E-state index in [0.29, 0.717) is 6.04 Å². The molecule has 1 heterocycles. The molecule has 3 heteroatoms. The first kappa shape index (κ1) is 15.3. The molecule has 1 aliphatic heterocycles. The van der Waals surface area contributed by atoms with Gasteiger partial charge >= 0.3 is 0 Å². The van der Waals surface area contributed by atoms with Crippen LogP contribution in [0.25, 0.3) is 0 Å². The van der Waals surface area contributed by atoms with Gasteiger partial charge in [0.15, 0.2) is 0 Å². The summed E-state index contributed by atoms with van der Waals surface area (Å²) in [6.45, 7) is 8.06. The van der Waals surface area contributed by atoms with Gasteiger partial charge < -0.3 is 14.8 Å². The third kappa shape index (κ3) is 4.80. The summed E-state index contributed by atoms with van der Waals surface area (Å²) in [7, 11) is 0. The van der Waals surface area contributed by atoms with E-state index in [4.69, 9.17) is 9.47 Å². The lowest BCUT2D eigenvalue weighted by Crippen LogP contribution is -2.29. The molecule has 3 nitrogen and oxygen atoms in total. The van der Waals surface area contributed by atoms with Crippen LogP contribution in [0.15, 0.2) is 24.3 Å². The van der Waals surface area contributed by atoms with Crippen LogP contribution in [-0.4, -0.2) is 26.4 Å².